The van der Waals surface area contributed by atoms with Crippen LogP contribution in [0.25, 0.3) is 11.4 Å². The number of rotatable bonds is 9. The van der Waals surface area contributed by atoms with Crippen LogP contribution in [0.15, 0.2) is 52.2 Å². The molecule has 2 aromatic heterocycles. The van der Waals surface area contributed by atoms with Crippen LogP contribution in [0.2, 0.25) is 0 Å². The van der Waals surface area contributed by atoms with E-state index in [1.54, 1.807) is 6.26 Å². The summed E-state index contributed by atoms with van der Waals surface area (Å²) in [5.74, 6) is 1.89. The molecule has 31 heavy (non-hydrogen) atoms. The molecule has 6 nitrogen and oxygen atoms in total. The van der Waals surface area contributed by atoms with E-state index in [9.17, 15) is 4.79 Å². The average molecular weight is 441 g/mol. The standard InChI is InChI=1S/C24H32N4O2S/c1-6-8-17(2)25-21(29)16-31-23-27-26-22(28(23)15-20-9-7-14-30-20)18-10-12-19(13-11-18)24(3,4)5/h7,9-14,17H,6,8,15-16H2,1-5H3,(H,25,29). The van der Waals surface area contributed by atoms with Gasteiger partial charge in [0.15, 0.2) is 11.0 Å². The van der Waals surface area contributed by atoms with Crippen molar-refractivity contribution < 1.29 is 9.21 Å². The van der Waals surface area contributed by atoms with Crippen LogP contribution in [0, 0.1) is 0 Å². The molecule has 0 aliphatic rings. The van der Waals surface area contributed by atoms with Crippen LogP contribution in [-0.4, -0.2) is 32.5 Å². The Bertz CT molecular complexity index is 972. The Morgan fingerprint density at radius 3 is 2.55 bits per heavy atom. The summed E-state index contributed by atoms with van der Waals surface area (Å²) in [6.45, 7) is 11.2. The minimum atomic E-state index is 0.00887. The van der Waals surface area contributed by atoms with Gasteiger partial charge in [0, 0.05) is 11.6 Å². The SMILES string of the molecule is CCCC(C)NC(=O)CSc1nnc(-c2ccc(C(C)(C)C)cc2)n1Cc1ccco1. The van der Waals surface area contributed by atoms with Gasteiger partial charge >= 0.3 is 0 Å². The van der Waals surface area contributed by atoms with Gasteiger partial charge in [0.2, 0.25) is 5.91 Å². The summed E-state index contributed by atoms with van der Waals surface area (Å²) in [5.41, 5.74) is 2.34. The van der Waals surface area contributed by atoms with E-state index in [1.807, 2.05) is 23.6 Å². The van der Waals surface area contributed by atoms with Gasteiger partial charge in [0.1, 0.15) is 5.76 Å². The highest BCUT2D eigenvalue weighted by atomic mass is 32.2. The molecular formula is C24H32N4O2S. The summed E-state index contributed by atoms with van der Waals surface area (Å²) < 4.78 is 7.57. The van der Waals surface area contributed by atoms with Gasteiger partial charge in [-0.1, -0.05) is 70.1 Å². The number of carbonyl (C=O) groups is 1. The zero-order valence-corrected chi connectivity index (χ0v) is 19.8. The number of nitrogens with zero attached hydrogens (tertiary/aromatic N) is 3. The number of amides is 1. The van der Waals surface area contributed by atoms with Gasteiger partial charge in [-0.15, -0.1) is 10.2 Å². The van der Waals surface area contributed by atoms with Crippen molar-refractivity contribution >= 4 is 17.7 Å². The molecule has 1 aromatic carbocycles. The van der Waals surface area contributed by atoms with Gasteiger partial charge < -0.3 is 9.73 Å². The predicted molar refractivity (Wildman–Crippen MR) is 125 cm³/mol. The lowest BCUT2D eigenvalue weighted by atomic mass is 9.87. The number of thioether (sulfide) groups is 1. The van der Waals surface area contributed by atoms with Crippen molar-refractivity contribution in [3.05, 3.63) is 54.0 Å². The molecule has 1 amide bonds. The molecule has 2 heterocycles. The summed E-state index contributed by atoms with van der Waals surface area (Å²) in [7, 11) is 0. The summed E-state index contributed by atoms with van der Waals surface area (Å²) >= 11 is 1.40. The summed E-state index contributed by atoms with van der Waals surface area (Å²) in [6, 6.07) is 12.4. The third-order valence-corrected chi connectivity index (χ3v) is 6.05. The fourth-order valence-corrected chi connectivity index (χ4v) is 4.13. The maximum absolute atomic E-state index is 12.3. The minimum Gasteiger partial charge on any atom is -0.467 e. The molecule has 1 unspecified atom stereocenters. The van der Waals surface area contributed by atoms with Crippen LogP contribution in [0.3, 0.4) is 0 Å². The summed E-state index contributed by atoms with van der Waals surface area (Å²) in [5, 5.41) is 12.6. The summed E-state index contributed by atoms with van der Waals surface area (Å²) in [4.78, 5) is 12.3. The van der Waals surface area contributed by atoms with Crippen molar-refractivity contribution in [2.75, 3.05) is 5.75 Å². The molecule has 1 atom stereocenters. The monoisotopic (exact) mass is 440 g/mol. The number of hydrogen-bond acceptors (Lipinski definition) is 5. The van der Waals surface area contributed by atoms with Crippen molar-refractivity contribution in [3.63, 3.8) is 0 Å². The van der Waals surface area contributed by atoms with Crippen molar-refractivity contribution in [2.24, 2.45) is 0 Å². The van der Waals surface area contributed by atoms with Crippen molar-refractivity contribution in [3.8, 4) is 11.4 Å². The van der Waals surface area contributed by atoms with Crippen molar-refractivity contribution in [2.45, 2.75) is 70.6 Å². The largest absolute Gasteiger partial charge is 0.467 e. The maximum atomic E-state index is 12.3. The first kappa shape index (κ1) is 23.1. The zero-order chi connectivity index (χ0) is 22.4. The maximum Gasteiger partial charge on any atom is 0.230 e. The van der Waals surface area contributed by atoms with E-state index in [0.29, 0.717) is 17.5 Å². The van der Waals surface area contributed by atoms with Gasteiger partial charge in [-0.05, 0) is 36.5 Å². The molecule has 0 radical (unpaired) electrons. The molecule has 0 bridgehead atoms. The lowest BCUT2D eigenvalue weighted by Gasteiger charge is -2.19. The quantitative estimate of drug-likeness (QED) is 0.458. The van der Waals surface area contributed by atoms with Crippen LogP contribution in [0.1, 0.15) is 58.8 Å². The summed E-state index contributed by atoms with van der Waals surface area (Å²) in [6.07, 6.45) is 3.68. The highest BCUT2D eigenvalue weighted by Crippen LogP contribution is 2.28. The number of nitrogens with one attached hydrogen (secondary N) is 1. The number of benzene rings is 1. The van der Waals surface area contributed by atoms with Gasteiger partial charge in [-0.25, -0.2) is 0 Å². The molecule has 1 N–H and O–H groups in total. The molecule has 3 aromatic rings. The number of furan rings is 1. The third kappa shape index (κ3) is 6.23. The molecule has 0 spiro atoms. The minimum absolute atomic E-state index is 0.00887. The Morgan fingerprint density at radius 1 is 1.19 bits per heavy atom. The first-order valence-electron chi connectivity index (χ1n) is 10.8. The van der Waals surface area contributed by atoms with Crippen LogP contribution < -0.4 is 5.32 Å². The predicted octanol–water partition coefficient (Wildman–Crippen LogP) is 5.28. The van der Waals surface area contributed by atoms with Crippen molar-refractivity contribution in [1.29, 1.82) is 0 Å². The van der Waals surface area contributed by atoms with Crippen LogP contribution >= 0.6 is 11.8 Å². The van der Waals surface area contributed by atoms with Gasteiger partial charge in [-0.3, -0.25) is 9.36 Å². The van der Waals surface area contributed by atoms with E-state index >= 15 is 0 Å². The second kappa shape index (κ2) is 10.2. The molecule has 0 aliphatic carbocycles. The average Bonchev–Trinajstić information content (AvgIpc) is 3.36. The second-order valence-corrected chi connectivity index (χ2v) is 9.79. The molecule has 0 fully saturated rings. The molecule has 0 saturated heterocycles. The van der Waals surface area contributed by atoms with E-state index in [4.69, 9.17) is 4.42 Å². The van der Waals surface area contributed by atoms with E-state index in [-0.39, 0.29) is 17.4 Å². The van der Waals surface area contributed by atoms with E-state index < -0.39 is 0 Å². The van der Waals surface area contributed by atoms with Gasteiger partial charge in [-0.2, -0.15) is 0 Å². The van der Waals surface area contributed by atoms with Crippen LogP contribution in [0.4, 0.5) is 0 Å². The zero-order valence-electron chi connectivity index (χ0n) is 19.0. The topological polar surface area (TPSA) is 73.0 Å². The lowest BCUT2D eigenvalue weighted by Crippen LogP contribution is -2.33. The Labute approximate surface area is 188 Å². The van der Waals surface area contributed by atoms with Crippen LogP contribution in [-0.2, 0) is 16.8 Å². The first-order valence-corrected chi connectivity index (χ1v) is 11.7. The molecule has 7 heteroatoms. The third-order valence-electron chi connectivity index (χ3n) is 5.08. The van der Waals surface area contributed by atoms with E-state index in [1.165, 1.54) is 17.3 Å². The van der Waals surface area contributed by atoms with Gasteiger partial charge in [0.05, 0.1) is 18.6 Å². The lowest BCUT2D eigenvalue weighted by molar-refractivity contribution is -0.119. The Balaban J connectivity index is 1.82. The van der Waals surface area contributed by atoms with E-state index in [0.717, 1.165) is 30.0 Å². The number of hydrogen-bond donors (Lipinski definition) is 1. The molecular weight excluding hydrogens is 408 g/mol. The number of carbonyl (C=O) groups excluding carboxylic acids is 1. The molecule has 0 saturated carbocycles. The fraction of sp³-hybridized carbons (Fsp3) is 0.458. The molecule has 3 rings (SSSR count). The molecule has 0 aliphatic heterocycles. The van der Waals surface area contributed by atoms with Crippen LogP contribution in [0.5, 0.6) is 0 Å². The normalized spacial score (nSPS) is 12.7. The highest BCUT2D eigenvalue weighted by molar-refractivity contribution is 7.99. The van der Waals surface area contributed by atoms with Gasteiger partial charge in [0.25, 0.3) is 0 Å². The number of aromatic nitrogens is 3. The Hall–Kier alpha value is -2.54. The Kier molecular flexibility index (Phi) is 7.59. The first-order chi connectivity index (χ1) is 14.8. The van der Waals surface area contributed by atoms with E-state index in [2.05, 4.69) is 67.5 Å². The smallest absolute Gasteiger partial charge is 0.230 e. The fourth-order valence-electron chi connectivity index (χ4n) is 3.38. The van der Waals surface area contributed by atoms with Crippen molar-refractivity contribution in [1.82, 2.24) is 20.1 Å². The second-order valence-electron chi connectivity index (χ2n) is 8.84. The molecule has 166 valence electrons. The highest BCUT2D eigenvalue weighted by Gasteiger charge is 2.19. The Morgan fingerprint density at radius 2 is 1.94 bits per heavy atom.